The molecule has 6 heteroatoms. The molecule has 0 saturated heterocycles. The van der Waals surface area contributed by atoms with E-state index in [0.29, 0.717) is 35.1 Å². The van der Waals surface area contributed by atoms with E-state index in [0.717, 1.165) is 11.1 Å². The van der Waals surface area contributed by atoms with Gasteiger partial charge in [0.25, 0.3) is 11.8 Å². The van der Waals surface area contributed by atoms with Crippen molar-refractivity contribution in [1.82, 2.24) is 4.90 Å². The first-order valence-electron chi connectivity index (χ1n) is 10.3. The molecule has 0 unspecified atom stereocenters. The number of hydrogen-bond acceptors (Lipinski definition) is 3. The third-order valence-electron chi connectivity index (χ3n) is 5.52. The van der Waals surface area contributed by atoms with Gasteiger partial charge >= 0.3 is 0 Å². The van der Waals surface area contributed by atoms with Gasteiger partial charge in [0.15, 0.2) is 0 Å². The molecule has 4 rings (SSSR count). The SMILES string of the molecule is CCN(Cc1ccccc1)C1=C(c2ccc(F)cc2)C(=O)N(c2cc(Cl)ccc2C)C1=O. The number of carbonyl (C=O) groups excluding carboxylic acids is 2. The van der Waals surface area contributed by atoms with E-state index in [1.54, 1.807) is 18.2 Å². The van der Waals surface area contributed by atoms with Gasteiger partial charge in [-0.25, -0.2) is 9.29 Å². The highest BCUT2D eigenvalue weighted by molar-refractivity contribution is 6.45. The maximum absolute atomic E-state index is 13.7. The van der Waals surface area contributed by atoms with Gasteiger partial charge in [-0.2, -0.15) is 0 Å². The monoisotopic (exact) mass is 448 g/mol. The quantitative estimate of drug-likeness (QED) is 0.461. The average Bonchev–Trinajstić information content (AvgIpc) is 3.05. The summed E-state index contributed by atoms with van der Waals surface area (Å²) in [6, 6.07) is 20.5. The molecule has 0 atom stereocenters. The Hall–Kier alpha value is -3.44. The lowest BCUT2D eigenvalue weighted by Crippen LogP contribution is -2.35. The summed E-state index contributed by atoms with van der Waals surface area (Å²) in [5, 5.41) is 0.430. The fraction of sp³-hybridized carbons (Fsp3) is 0.154. The molecule has 3 aromatic rings. The first-order chi connectivity index (χ1) is 15.4. The predicted octanol–water partition coefficient (Wildman–Crippen LogP) is 5.59. The average molecular weight is 449 g/mol. The third-order valence-corrected chi connectivity index (χ3v) is 5.75. The fourth-order valence-corrected chi connectivity index (χ4v) is 4.05. The van der Waals surface area contributed by atoms with Crippen LogP contribution in [0.5, 0.6) is 0 Å². The first kappa shape index (κ1) is 21.8. The van der Waals surface area contributed by atoms with Crippen molar-refractivity contribution < 1.29 is 14.0 Å². The molecule has 0 aliphatic carbocycles. The Bertz CT molecular complexity index is 1210. The van der Waals surface area contributed by atoms with Crippen LogP contribution in [0.1, 0.15) is 23.6 Å². The zero-order valence-electron chi connectivity index (χ0n) is 17.8. The Labute approximate surface area is 191 Å². The van der Waals surface area contributed by atoms with Gasteiger partial charge in [-0.15, -0.1) is 0 Å². The number of nitrogens with zero attached hydrogens (tertiary/aromatic N) is 2. The lowest BCUT2D eigenvalue weighted by Gasteiger charge is -2.25. The molecule has 4 nitrogen and oxygen atoms in total. The van der Waals surface area contributed by atoms with Crippen LogP contribution in [0.3, 0.4) is 0 Å². The van der Waals surface area contributed by atoms with E-state index < -0.39 is 17.6 Å². The Kier molecular flexibility index (Phi) is 6.10. The standard InChI is InChI=1S/C26H22ClFN2O2/c1-3-29(16-18-7-5-4-6-8-18)24-23(19-10-13-21(28)14-11-19)25(31)30(26(24)32)22-15-20(27)12-9-17(22)2/h4-15H,3,16H2,1-2H3. The van der Waals surface area contributed by atoms with Crippen LogP contribution in [-0.4, -0.2) is 23.3 Å². The molecule has 2 amide bonds. The number of hydrogen-bond donors (Lipinski definition) is 0. The van der Waals surface area contributed by atoms with Crippen molar-refractivity contribution in [3.8, 4) is 0 Å². The maximum Gasteiger partial charge on any atom is 0.282 e. The van der Waals surface area contributed by atoms with Gasteiger partial charge in [0.05, 0.1) is 11.3 Å². The molecule has 32 heavy (non-hydrogen) atoms. The van der Waals surface area contributed by atoms with Crippen LogP contribution >= 0.6 is 11.6 Å². The molecule has 0 fully saturated rings. The number of amides is 2. The van der Waals surface area contributed by atoms with Crippen LogP contribution in [0.2, 0.25) is 5.02 Å². The minimum atomic E-state index is -0.450. The van der Waals surface area contributed by atoms with Gasteiger partial charge in [0, 0.05) is 18.1 Å². The molecular weight excluding hydrogens is 427 g/mol. The summed E-state index contributed by atoms with van der Waals surface area (Å²) in [5.74, 6) is -1.28. The molecule has 0 bridgehead atoms. The summed E-state index contributed by atoms with van der Waals surface area (Å²) >= 11 is 6.18. The molecule has 0 N–H and O–H groups in total. The van der Waals surface area contributed by atoms with Crippen LogP contribution < -0.4 is 4.90 Å². The van der Waals surface area contributed by atoms with Crippen LogP contribution in [0.15, 0.2) is 78.5 Å². The van der Waals surface area contributed by atoms with Gasteiger partial charge < -0.3 is 4.90 Å². The fourth-order valence-electron chi connectivity index (χ4n) is 3.88. The maximum atomic E-state index is 13.7. The van der Waals surface area contributed by atoms with E-state index in [-0.39, 0.29) is 5.57 Å². The molecule has 1 heterocycles. The molecule has 1 aliphatic heterocycles. The predicted molar refractivity (Wildman–Crippen MR) is 125 cm³/mol. The number of likely N-dealkylation sites (N-methyl/N-ethyl adjacent to an activating group) is 1. The zero-order valence-corrected chi connectivity index (χ0v) is 18.6. The number of halogens is 2. The van der Waals surface area contributed by atoms with Gasteiger partial charge in [0.2, 0.25) is 0 Å². The second-order valence-corrected chi connectivity index (χ2v) is 8.04. The summed E-state index contributed by atoms with van der Waals surface area (Å²) in [6.45, 7) is 4.72. The molecule has 3 aromatic carbocycles. The van der Waals surface area contributed by atoms with Crippen molar-refractivity contribution >= 4 is 34.7 Å². The van der Waals surface area contributed by atoms with E-state index >= 15 is 0 Å². The second-order valence-electron chi connectivity index (χ2n) is 7.61. The summed E-state index contributed by atoms with van der Waals surface area (Å²) in [5.41, 5.74) is 3.26. The second kappa shape index (κ2) is 8.97. The Morgan fingerprint density at radius 3 is 2.28 bits per heavy atom. The van der Waals surface area contributed by atoms with Crippen LogP contribution in [0.4, 0.5) is 10.1 Å². The van der Waals surface area contributed by atoms with E-state index in [2.05, 4.69) is 0 Å². The van der Waals surface area contributed by atoms with Gasteiger partial charge in [-0.1, -0.05) is 60.1 Å². The van der Waals surface area contributed by atoms with E-state index in [1.165, 1.54) is 29.2 Å². The lowest BCUT2D eigenvalue weighted by atomic mass is 10.0. The van der Waals surface area contributed by atoms with Crippen LogP contribution in [0.25, 0.3) is 5.57 Å². The lowest BCUT2D eigenvalue weighted by molar-refractivity contribution is -0.120. The molecule has 0 radical (unpaired) electrons. The molecular formula is C26H22ClFN2O2. The first-order valence-corrected chi connectivity index (χ1v) is 10.7. The summed E-state index contributed by atoms with van der Waals surface area (Å²) in [4.78, 5) is 30.4. The molecule has 0 saturated carbocycles. The number of benzene rings is 3. The highest BCUT2D eigenvalue weighted by Gasteiger charge is 2.42. The van der Waals surface area contributed by atoms with Crippen molar-refractivity contribution in [1.29, 1.82) is 0 Å². The van der Waals surface area contributed by atoms with Crippen molar-refractivity contribution in [2.45, 2.75) is 20.4 Å². The smallest absolute Gasteiger partial charge is 0.282 e. The minimum absolute atomic E-state index is 0.257. The van der Waals surface area contributed by atoms with Crippen LogP contribution in [0, 0.1) is 12.7 Å². The Morgan fingerprint density at radius 1 is 0.938 bits per heavy atom. The zero-order chi connectivity index (χ0) is 22.8. The number of anilines is 1. The number of rotatable bonds is 6. The van der Waals surface area contributed by atoms with Crippen molar-refractivity contribution in [3.05, 3.63) is 106 Å². The van der Waals surface area contributed by atoms with Gasteiger partial charge in [-0.3, -0.25) is 9.59 Å². The normalized spacial score (nSPS) is 13.8. The molecule has 0 spiro atoms. The highest BCUT2D eigenvalue weighted by Crippen LogP contribution is 2.37. The van der Waals surface area contributed by atoms with Crippen molar-refractivity contribution in [2.24, 2.45) is 0 Å². The van der Waals surface area contributed by atoms with E-state index in [9.17, 15) is 14.0 Å². The third kappa shape index (κ3) is 4.04. The molecule has 162 valence electrons. The molecule has 0 aromatic heterocycles. The van der Waals surface area contributed by atoms with Gasteiger partial charge in [0.1, 0.15) is 11.5 Å². The van der Waals surface area contributed by atoms with E-state index in [4.69, 9.17) is 11.6 Å². The Balaban J connectivity index is 1.86. The largest absolute Gasteiger partial charge is 0.362 e. The van der Waals surface area contributed by atoms with Crippen LogP contribution in [-0.2, 0) is 16.1 Å². The Morgan fingerprint density at radius 2 is 1.62 bits per heavy atom. The van der Waals surface area contributed by atoms with Gasteiger partial charge in [-0.05, 0) is 54.8 Å². The number of imide groups is 1. The number of aryl methyl sites for hydroxylation is 1. The summed E-state index contributed by atoms with van der Waals surface area (Å²) in [7, 11) is 0. The summed E-state index contributed by atoms with van der Waals surface area (Å²) < 4.78 is 13.6. The summed E-state index contributed by atoms with van der Waals surface area (Å²) in [6.07, 6.45) is 0. The highest BCUT2D eigenvalue weighted by atomic mass is 35.5. The number of carbonyl (C=O) groups is 2. The minimum Gasteiger partial charge on any atom is -0.362 e. The van der Waals surface area contributed by atoms with Crippen molar-refractivity contribution in [3.63, 3.8) is 0 Å². The van der Waals surface area contributed by atoms with E-state index in [1.807, 2.05) is 49.1 Å². The topological polar surface area (TPSA) is 40.6 Å². The van der Waals surface area contributed by atoms with Crippen molar-refractivity contribution in [2.75, 3.05) is 11.4 Å². The molecule has 1 aliphatic rings.